The molecule has 162 valence electrons. The van der Waals surface area contributed by atoms with Gasteiger partial charge in [-0.05, 0) is 61.7 Å². The Bertz CT molecular complexity index is 1100. The molecule has 0 spiro atoms. The van der Waals surface area contributed by atoms with E-state index in [-0.39, 0.29) is 16.8 Å². The summed E-state index contributed by atoms with van der Waals surface area (Å²) in [4.78, 5) is 13.1. The predicted octanol–water partition coefficient (Wildman–Crippen LogP) is 3.58. The fraction of sp³-hybridized carbons (Fsp3) is 0.381. The number of ether oxygens (including phenoxy) is 2. The summed E-state index contributed by atoms with van der Waals surface area (Å²) in [7, 11) is -0.727. The highest BCUT2D eigenvalue weighted by Gasteiger charge is 2.24. The van der Waals surface area contributed by atoms with Crippen LogP contribution in [0.15, 0.2) is 33.6 Å². The van der Waals surface area contributed by atoms with Gasteiger partial charge in [-0.1, -0.05) is 15.9 Å². The maximum Gasteiger partial charge on any atom is 0.251 e. The smallest absolute Gasteiger partial charge is 0.251 e. The first-order valence-electron chi connectivity index (χ1n) is 9.46. The van der Waals surface area contributed by atoms with Crippen molar-refractivity contribution in [3.05, 3.63) is 51.0 Å². The van der Waals surface area contributed by atoms with Crippen LogP contribution in [0.5, 0.6) is 11.5 Å². The molecule has 1 N–H and O–H groups in total. The van der Waals surface area contributed by atoms with E-state index in [0.29, 0.717) is 35.8 Å². The average molecular weight is 497 g/mol. The highest BCUT2D eigenvalue weighted by atomic mass is 79.9. The minimum absolute atomic E-state index is 0.130. The topological polar surface area (TPSA) is 84.9 Å². The van der Waals surface area contributed by atoms with Crippen LogP contribution < -0.4 is 14.8 Å². The lowest BCUT2D eigenvalue weighted by Gasteiger charge is -2.23. The average Bonchev–Trinajstić information content (AvgIpc) is 2.68. The van der Waals surface area contributed by atoms with Crippen molar-refractivity contribution < 1.29 is 22.7 Å². The molecule has 30 heavy (non-hydrogen) atoms. The predicted molar refractivity (Wildman–Crippen MR) is 118 cm³/mol. The van der Waals surface area contributed by atoms with Gasteiger partial charge in [0.2, 0.25) is 10.0 Å². The molecule has 2 aromatic carbocycles. The first-order chi connectivity index (χ1) is 14.0. The summed E-state index contributed by atoms with van der Waals surface area (Å²) in [6.45, 7) is 6.35. The Morgan fingerprint density at radius 2 is 1.70 bits per heavy atom. The molecule has 0 aromatic heterocycles. The van der Waals surface area contributed by atoms with E-state index in [4.69, 9.17) is 9.47 Å². The second-order valence-electron chi connectivity index (χ2n) is 7.42. The Kier molecular flexibility index (Phi) is 6.45. The summed E-state index contributed by atoms with van der Waals surface area (Å²) < 4.78 is 38.5. The van der Waals surface area contributed by atoms with Gasteiger partial charge in [-0.25, -0.2) is 12.7 Å². The normalized spacial score (nSPS) is 14.5. The van der Waals surface area contributed by atoms with Gasteiger partial charge in [0.25, 0.3) is 5.91 Å². The number of rotatable bonds is 5. The summed E-state index contributed by atoms with van der Waals surface area (Å²) >= 11 is 3.53. The molecule has 1 amide bonds. The van der Waals surface area contributed by atoms with E-state index in [1.54, 1.807) is 19.9 Å². The SMILES string of the molecule is Cc1cc(C(=O)NC(C)c2cc3c(cc2Br)OCCO3)cc(S(=O)(=O)N(C)C)c1C. The van der Waals surface area contributed by atoms with Gasteiger partial charge in [0.05, 0.1) is 10.9 Å². The second-order valence-corrected chi connectivity index (χ2v) is 10.4. The molecule has 1 aliphatic heterocycles. The summed E-state index contributed by atoms with van der Waals surface area (Å²) in [6.07, 6.45) is 0. The summed E-state index contributed by atoms with van der Waals surface area (Å²) in [6, 6.07) is 6.44. The summed E-state index contributed by atoms with van der Waals surface area (Å²) in [5.41, 5.74) is 2.48. The van der Waals surface area contributed by atoms with E-state index in [1.165, 1.54) is 20.2 Å². The number of nitrogens with one attached hydrogen (secondary N) is 1. The molecule has 1 atom stereocenters. The lowest BCUT2D eigenvalue weighted by molar-refractivity contribution is 0.0939. The van der Waals surface area contributed by atoms with Crippen LogP contribution in [0.25, 0.3) is 0 Å². The Balaban J connectivity index is 1.90. The molecule has 1 aliphatic rings. The van der Waals surface area contributed by atoms with E-state index in [0.717, 1.165) is 19.9 Å². The Hall–Kier alpha value is -2.10. The largest absolute Gasteiger partial charge is 0.486 e. The zero-order valence-electron chi connectivity index (χ0n) is 17.6. The van der Waals surface area contributed by atoms with Crippen LogP contribution in [0.2, 0.25) is 0 Å². The number of sulfonamides is 1. The molecule has 0 saturated carbocycles. The maximum atomic E-state index is 13.0. The zero-order chi connectivity index (χ0) is 22.2. The first kappa shape index (κ1) is 22.6. The molecule has 0 bridgehead atoms. The van der Waals surface area contributed by atoms with E-state index >= 15 is 0 Å². The maximum absolute atomic E-state index is 13.0. The Labute approximate surface area is 185 Å². The third-order valence-electron chi connectivity index (χ3n) is 5.12. The number of hydrogen-bond donors (Lipinski definition) is 1. The van der Waals surface area contributed by atoms with Gasteiger partial charge >= 0.3 is 0 Å². The molecule has 1 heterocycles. The number of aryl methyl sites for hydroxylation is 1. The lowest BCUT2D eigenvalue weighted by atomic mass is 10.0. The molecule has 0 saturated heterocycles. The monoisotopic (exact) mass is 496 g/mol. The van der Waals surface area contributed by atoms with E-state index < -0.39 is 10.0 Å². The van der Waals surface area contributed by atoms with Crippen molar-refractivity contribution in [2.45, 2.75) is 31.7 Å². The van der Waals surface area contributed by atoms with Crippen LogP contribution in [0, 0.1) is 13.8 Å². The summed E-state index contributed by atoms with van der Waals surface area (Å²) in [5.74, 6) is 0.928. The van der Waals surface area contributed by atoms with Crippen molar-refractivity contribution in [1.82, 2.24) is 9.62 Å². The van der Waals surface area contributed by atoms with Gasteiger partial charge in [-0.2, -0.15) is 0 Å². The van der Waals surface area contributed by atoms with Crippen LogP contribution in [-0.4, -0.2) is 45.9 Å². The van der Waals surface area contributed by atoms with Crippen LogP contribution in [-0.2, 0) is 10.0 Å². The van der Waals surface area contributed by atoms with Crippen molar-refractivity contribution in [3.63, 3.8) is 0 Å². The molecular weight excluding hydrogens is 472 g/mol. The molecule has 3 rings (SSSR count). The minimum Gasteiger partial charge on any atom is -0.486 e. The fourth-order valence-corrected chi connectivity index (χ4v) is 5.07. The van der Waals surface area contributed by atoms with Crippen molar-refractivity contribution in [2.24, 2.45) is 0 Å². The van der Waals surface area contributed by atoms with Crippen LogP contribution >= 0.6 is 15.9 Å². The molecule has 1 unspecified atom stereocenters. The Morgan fingerprint density at radius 1 is 1.10 bits per heavy atom. The zero-order valence-corrected chi connectivity index (χ0v) is 20.0. The van der Waals surface area contributed by atoms with Crippen LogP contribution in [0.3, 0.4) is 0 Å². The van der Waals surface area contributed by atoms with Crippen molar-refractivity contribution >= 4 is 31.9 Å². The third-order valence-corrected chi connectivity index (χ3v) is 7.74. The Morgan fingerprint density at radius 3 is 2.30 bits per heavy atom. The van der Waals surface area contributed by atoms with Gasteiger partial charge in [-0.3, -0.25) is 4.79 Å². The number of halogens is 1. The van der Waals surface area contributed by atoms with Gasteiger partial charge < -0.3 is 14.8 Å². The number of benzene rings is 2. The van der Waals surface area contributed by atoms with E-state index in [9.17, 15) is 13.2 Å². The van der Waals surface area contributed by atoms with Gasteiger partial charge in [0, 0.05) is 24.1 Å². The number of carbonyl (C=O) groups is 1. The molecular formula is C21H25BrN2O5S. The number of nitrogens with zero attached hydrogens (tertiary/aromatic N) is 1. The number of fused-ring (bicyclic) bond motifs is 1. The third kappa shape index (κ3) is 4.33. The van der Waals surface area contributed by atoms with Crippen LogP contribution in [0.1, 0.15) is 40.0 Å². The van der Waals surface area contributed by atoms with Crippen LogP contribution in [0.4, 0.5) is 0 Å². The van der Waals surface area contributed by atoms with Gasteiger partial charge in [-0.15, -0.1) is 0 Å². The molecule has 9 heteroatoms. The van der Waals surface area contributed by atoms with E-state index in [1.807, 2.05) is 19.1 Å². The molecule has 0 fully saturated rings. The highest BCUT2D eigenvalue weighted by molar-refractivity contribution is 9.10. The molecule has 0 aliphatic carbocycles. The van der Waals surface area contributed by atoms with Gasteiger partial charge in [0.15, 0.2) is 11.5 Å². The number of amides is 1. The summed E-state index contributed by atoms with van der Waals surface area (Å²) in [5, 5.41) is 2.94. The highest BCUT2D eigenvalue weighted by Crippen LogP contribution is 2.38. The van der Waals surface area contributed by atoms with E-state index in [2.05, 4.69) is 21.2 Å². The second kappa shape index (κ2) is 8.56. The standard InChI is InChI=1S/C21H25BrN2O5S/c1-12-8-15(9-20(13(12)2)30(26,27)24(4)5)21(25)23-14(3)16-10-18-19(11-17(16)22)29-7-6-28-18/h8-11,14H,6-7H2,1-5H3,(H,23,25). The molecule has 0 radical (unpaired) electrons. The van der Waals surface area contributed by atoms with Crippen molar-refractivity contribution in [3.8, 4) is 11.5 Å². The first-order valence-corrected chi connectivity index (χ1v) is 11.7. The quantitative estimate of drug-likeness (QED) is 0.683. The minimum atomic E-state index is -3.67. The number of hydrogen-bond acceptors (Lipinski definition) is 5. The molecule has 2 aromatic rings. The van der Waals surface area contributed by atoms with Crippen molar-refractivity contribution in [2.75, 3.05) is 27.3 Å². The van der Waals surface area contributed by atoms with Crippen molar-refractivity contribution in [1.29, 1.82) is 0 Å². The fourth-order valence-electron chi connectivity index (χ4n) is 3.19. The lowest BCUT2D eigenvalue weighted by Crippen LogP contribution is -2.28. The molecule has 7 nitrogen and oxygen atoms in total. The number of carbonyl (C=O) groups excluding carboxylic acids is 1. The van der Waals surface area contributed by atoms with Gasteiger partial charge in [0.1, 0.15) is 13.2 Å².